The summed E-state index contributed by atoms with van der Waals surface area (Å²) >= 11 is 0. The van der Waals surface area contributed by atoms with Crippen molar-refractivity contribution in [2.24, 2.45) is 0 Å². The standard InChI is InChI=1S/C24H24N6O4/c1-32-20-11-10-19(14-21(20)34-22-5-3-13-33-22)30(15-17-4-2-12-25-24(17)31)18-8-6-16(7-9-18)23-26-28-29-27-23/h2,4,6-12,14,22H,3,5,13,15H2,1H3,(H,25,31)(H,26,27,28,29)/t22-/m1/s1. The molecule has 0 saturated carbocycles. The number of pyridine rings is 1. The number of tetrazole rings is 1. The van der Waals surface area contributed by atoms with E-state index in [1.165, 1.54) is 0 Å². The first-order valence-corrected chi connectivity index (χ1v) is 11.0. The van der Waals surface area contributed by atoms with Gasteiger partial charge in [0.25, 0.3) is 5.56 Å². The third kappa shape index (κ3) is 4.62. The molecule has 2 aromatic heterocycles. The Bertz CT molecular complexity index is 1280. The van der Waals surface area contributed by atoms with Crippen LogP contribution in [0.4, 0.5) is 11.4 Å². The number of anilines is 2. The fraction of sp³-hybridized carbons (Fsp3) is 0.250. The zero-order valence-corrected chi connectivity index (χ0v) is 18.6. The molecular formula is C24H24N6O4. The van der Waals surface area contributed by atoms with E-state index < -0.39 is 0 Å². The van der Waals surface area contributed by atoms with Gasteiger partial charge in [0.2, 0.25) is 5.82 Å². The fourth-order valence-corrected chi connectivity index (χ4v) is 3.87. The lowest BCUT2D eigenvalue weighted by Gasteiger charge is -2.26. The van der Waals surface area contributed by atoms with Crippen LogP contribution in [0.25, 0.3) is 11.4 Å². The Labute approximate surface area is 195 Å². The first-order valence-electron chi connectivity index (χ1n) is 11.0. The third-order valence-corrected chi connectivity index (χ3v) is 5.62. The smallest absolute Gasteiger partial charge is 0.252 e. The molecule has 3 heterocycles. The Morgan fingerprint density at radius 2 is 1.97 bits per heavy atom. The molecule has 1 aliphatic rings. The number of H-pyrrole nitrogens is 2. The SMILES string of the molecule is COc1ccc(N(Cc2ccc[nH]c2=O)c2ccc(-c3nn[nH]n3)cc2)cc1O[C@@H]1CCCO1. The van der Waals surface area contributed by atoms with E-state index in [4.69, 9.17) is 14.2 Å². The summed E-state index contributed by atoms with van der Waals surface area (Å²) in [6.45, 7) is 1.03. The molecule has 1 saturated heterocycles. The average Bonchev–Trinajstić information content (AvgIpc) is 3.59. The Balaban J connectivity index is 1.52. The number of methoxy groups -OCH3 is 1. The molecule has 34 heavy (non-hydrogen) atoms. The summed E-state index contributed by atoms with van der Waals surface area (Å²) in [5, 5.41) is 14.1. The largest absolute Gasteiger partial charge is 0.493 e. The summed E-state index contributed by atoms with van der Waals surface area (Å²) in [5.41, 5.74) is 3.03. The molecular weight excluding hydrogens is 436 g/mol. The van der Waals surface area contributed by atoms with Crippen LogP contribution in [-0.2, 0) is 11.3 Å². The van der Waals surface area contributed by atoms with E-state index in [0.29, 0.717) is 36.0 Å². The first kappa shape index (κ1) is 21.7. The van der Waals surface area contributed by atoms with Crippen molar-refractivity contribution in [3.63, 3.8) is 0 Å². The molecule has 4 aromatic rings. The monoisotopic (exact) mass is 460 g/mol. The van der Waals surface area contributed by atoms with Crippen LogP contribution in [0, 0.1) is 0 Å². The zero-order valence-electron chi connectivity index (χ0n) is 18.6. The van der Waals surface area contributed by atoms with Gasteiger partial charge in [-0.25, -0.2) is 0 Å². The summed E-state index contributed by atoms with van der Waals surface area (Å²) in [6, 6.07) is 17.1. The predicted octanol–water partition coefficient (Wildman–Crippen LogP) is 3.42. The van der Waals surface area contributed by atoms with Crippen LogP contribution in [0.5, 0.6) is 11.5 Å². The molecule has 0 unspecified atom stereocenters. The Morgan fingerprint density at radius 3 is 2.68 bits per heavy atom. The number of aromatic nitrogens is 5. The molecule has 10 nitrogen and oxygen atoms in total. The topological polar surface area (TPSA) is 118 Å². The predicted molar refractivity (Wildman–Crippen MR) is 125 cm³/mol. The van der Waals surface area contributed by atoms with E-state index in [0.717, 1.165) is 29.8 Å². The van der Waals surface area contributed by atoms with Crippen LogP contribution in [0.3, 0.4) is 0 Å². The molecule has 0 radical (unpaired) electrons. The maximum Gasteiger partial charge on any atom is 0.252 e. The lowest BCUT2D eigenvalue weighted by molar-refractivity contribution is -0.0402. The van der Waals surface area contributed by atoms with Gasteiger partial charge in [-0.2, -0.15) is 5.21 Å². The second-order valence-corrected chi connectivity index (χ2v) is 7.79. The van der Waals surface area contributed by atoms with Gasteiger partial charge in [0.1, 0.15) is 0 Å². The van der Waals surface area contributed by atoms with Gasteiger partial charge in [-0.1, -0.05) is 6.07 Å². The summed E-state index contributed by atoms with van der Waals surface area (Å²) in [7, 11) is 1.61. The van der Waals surface area contributed by atoms with Crippen molar-refractivity contribution in [3.05, 3.63) is 76.7 Å². The highest BCUT2D eigenvalue weighted by Gasteiger charge is 2.21. The normalized spacial score (nSPS) is 15.3. The van der Waals surface area contributed by atoms with Crippen LogP contribution < -0.4 is 19.9 Å². The van der Waals surface area contributed by atoms with Gasteiger partial charge in [0.05, 0.1) is 20.3 Å². The lowest BCUT2D eigenvalue weighted by atomic mass is 10.1. The number of hydrogen-bond acceptors (Lipinski definition) is 8. The molecule has 2 N–H and O–H groups in total. The van der Waals surface area contributed by atoms with Crippen LogP contribution in [-0.4, -0.2) is 45.6 Å². The van der Waals surface area contributed by atoms with E-state index in [1.54, 1.807) is 13.3 Å². The van der Waals surface area contributed by atoms with E-state index in [2.05, 4.69) is 25.6 Å². The molecule has 174 valence electrons. The molecule has 1 aliphatic heterocycles. The molecule has 5 rings (SSSR count). The summed E-state index contributed by atoms with van der Waals surface area (Å²) in [6.07, 6.45) is 3.11. The highest BCUT2D eigenvalue weighted by Crippen LogP contribution is 2.37. The maximum absolute atomic E-state index is 12.5. The summed E-state index contributed by atoms with van der Waals surface area (Å²) in [4.78, 5) is 17.2. The summed E-state index contributed by atoms with van der Waals surface area (Å²) in [5.74, 6) is 1.71. The summed E-state index contributed by atoms with van der Waals surface area (Å²) < 4.78 is 17.3. The molecule has 0 aliphatic carbocycles. The van der Waals surface area contributed by atoms with E-state index in [1.807, 2.05) is 59.5 Å². The van der Waals surface area contributed by atoms with E-state index in [9.17, 15) is 4.79 Å². The minimum absolute atomic E-state index is 0.139. The van der Waals surface area contributed by atoms with Crippen LogP contribution in [0.1, 0.15) is 18.4 Å². The second-order valence-electron chi connectivity index (χ2n) is 7.79. The molecule has 0 spiro atoms. The van der Waals surface area contributed by atoms with Crippen molar-refractivity contribution in [1.29, 1.82) is 0 Å². The zero-order chi connectivity index (χ0) is 23.3. The fourth-order valence-electron chi connectivity index (χ4n) is 3.87. The molecule has 0 bridgehead atoms. The third-order valence-electron chi connectivity index (χ3n) is 5.62. The van der Waals surface area contributed by atoms with Gasteiger partial charge in [-0.3, -0.25) is 4.79 Å². The highest BCUT2D eigenvalue weighted by atomic mass is 16.7. The van der Waals surface area contributed by atoms with Crippen molar-refractivity contribution in [1.82, 2.24) is 25.6 Å². The van der Waals surface area contributed by atoms with Gasteiger partial charge in [0.15, 0.2) is 17.8 Å². The maximum atomic E-state index is 12.5. The molecule has 10 heteroatoms. The number of nitrogens with one attached hydrogen (secondary N) is 2. The number of nitrogens with zero attached hydrogens (tertiary/aromatic N) is 4. The Morgan fingerprint density at radius 1 is 1.12 bits per heavy atom. The Hall–Kier alpha value is -4.18. The second kappa shape index (κ2) is 9.75. The van der Waals surface area contributed by atoms with Crippen molar-refractivity contribution >= 4 is 11.4 Å². The number of ether oxygens (including phenoxy) is 3. The lowest BCUT2D eigenvalue weighted by Crippen LogP contribution is -2.23. The quantitative estimate of drug-likeness (QED) is 0.411. The van der Waals surface area contributed by atoms with Crippen molar-refractivity contribution in [3.8, 4) is 22.9 Å². The Kier molecular flexibility index (Phi) is 6.21. The first-order chi connectivity index (χ1) is 16.7. The number of benzene rings is 2. The van der Waals surface area contributed by atoms with Crippen molar-refractivity contribution < 1.29 is 14.2 Å². The van der Waals surface area contributed by atoms with Crippen LogP contribution in [0.2, 0.25) is 0 Å². The molecule has 1 atom stereocenters. The van der Waals surface area contributed by atoms with Crippen LogP contribution >= 0.6 is 0 Å². The number of aromatic amines is 2. The van der Waals surface area contributed by atoms with Gasteiger partial charge in [-0.05, 0) is 54.1 Å². The van der Waals surface area contributed by atoms with E-state index >= 15 is 0 Å². The molecule has 0 amide bonds. The van der Waals surface area contributed by atoms with Gasteiger partial charge >= 0.3 is 0 Å². The number of rotatable bonds is 8. The minimum Gasteiger partial charge on any atom is -0.493 e. The highest BCUT2D eigenvalue weighted by molar-refractivity contribution is 5.69. The number of hydrogen-bond donors (Lipinski definition) is 2. The van der Waals surface area contributed by atoms with Gasteiger partial charge < -0.3 is 24.1 Å². The minimum atomic E-state index is -0.302. The van der Waals surface area contributed by atoms with Gasteiger partial charge in [0, 0.05) is 41.2 Å². The molecule has 2 aromatic carbocycles. The van der Waals surface area contributed by atoms with Gasteiger partial charge in [-0.15, -0.1) is 10.2 Å². The van der Waals surface area contributed by atoms with Crippen LogP contribution in [0.15, 0.2) is 65.6 Å². The molecule has 1 fully saturated rings. The van der Waals surface area contributed by atoms with E-state index in [-0.39, 0.29) is 11.8 Å². The van der Waals surface area contributed by atoms with Crippen molar-refractivity contribution in [2.75, 3.05) is 18.6 Å². The average molecular weight is 460 g/mol. The van der Waals surface area contributed by atoms with Crippen molar-refractivity contribution in [2.45, 2.75) is 25.7 Å².